The third-order valence-electron chi connectivity index (χ3n) is 2.14. The van der Waals surface area contributed by atoms with Gasteiger partial charge in [-0.25, -0.2) is 4.79 Å². The maximum Gasteiger partial charge on any atom is 0.350 e. The maximum absolute atomic E-state index is 11.3. The lowest BCUT2D eigenvalue weighted by molar-refractivity contribution is -0.299. The second-order valence-electron chi connectivity index (χ2n) is 3.91. The lowest BCUT2D eigenvalue weighted by Crippen LogP contribution is -2.30. The lowest BCUT2D eigenvalue weighted by Gasteiger charge is -2.24. The number of nitrogens with zero attached hydrogens (tertiary/aromatic N) is 1. The fourth-order valence-corrected chi connectivity index (χ4v) is 1.22. The van der Waals surface area contributed by atoms with E-state index in [1.54, 1.807) is 26.8 Å². The maximum atomic E-state index is 11.3. The first-order valence-corrected chi connectivity index (χ1v) is 6.09. The molecule has 0 aliphatic rings. The first-order chi connectivity index (χ1) is 9.29. The highest BCUT2D eigenvalue weighted by atomic mass is 16.8. The normalized spacial score (nSPS) is 16.6. The van der Waals surface area contributed by atoms with Crippen molar-refractivity contribution in [1.29, 1.82) is 5.26 Å². The zero-order chi connectivity index (χ0) is 15.7. The fraction of sp³-hybridized carbons (Fsp3) is 0.692. The topological polar surface area (TPSA) is 87.0 Å². The van der Waals surface area contributed by atoms with Crippen LogP contribution in [-0.4, -0.2) is 38.2 Å². The molecular formula is C13H21NO6. The Kier molecular flexibility index (Phi) is 8.76. The van der Waals surface area contributed by atoms with E-state index in [-0.39, 0.29) is 5.57 Å². The van der Waals surface area contributed by atoms with E-state index in [1.165, 1.54) is 14.0 Å². The van der Waals surface area contributed by atoms with Crippen LogP contribution in [-0.2, 0) is 28.5 Å². The molecule has 0 radical (unpaired) electrons. The van der Waals surface area contributed by atoms with E-state index in [2.05, 4.69) is 6.58 Å². The summed E-state index contributed by atoms with van der Waals surface area (Å²) < 4.78 is 25.7. The van der Waals surface area contributed by atoms with Crippen molar-refractivity contribution < 1.29 is 28.5 Å². The quantitative estimate of drug-likeness (QED) is 0.276. The van der Waals surface area contributed by atoms with E-state index in [9.17, 15) is 4.79 Å². The number of carbonyl (C=O) groups excluding carboxylic acids is 1. The predicted octanol–water partition coefficient (Wildman–Crippen LogP) is 1.69. The number of rotatable bonds is 9. The second-order valence-corrected chi connectivity index (χ2v) is 3.91. The Bertz CT molecular complexity index is 364. The van der Waals surface area contributed by atoms with E-state index < -0.39 is 31.1 Å². The average molecular weight is 287 g/mol. The third-order valence-corrected chi connectivity index (χ3v) is 2.14. The molecule has 0 bridgehead atoms. The van der Waals surface area contributed by atoms with Gasteiger partial charge in [0.25, 0.3) is 0 Å². The van der Waals surface area contributed by atoms with Crippen LogP contribution in [0.3, 0.4) is 0 Å². The van der Waals surface area contributed by atoms with Crippen molar-refractivity contribution in [2.45, 2.75) is 52.9 Å². The third kappa shape index (κ3) is 7.86. The minimum Gasteiger partial charge on any atom is -0.432 e. The van der Waals surface area contributed by atoms with Gasteiger partial charge in [0.15, 0.2) is 18.9 Å². The average Bonchev–Trinajstić information content (AvgIpc) is 2.36. The number of hydrogen-bond donors (Lipinski definition) is 0. The molecule has 0 aromatic carbocycles. The Hall–Kier alpha value is -1.46. The van der Waals surface area contributed by atoms with Crippen LogP contribution < -0.4 is 0 Å². The Labute approximate surface area is 119 Å². The molecule has 0 heterocycles. The minimum atomic E-state index is -0.880. The lowest BCUT2D eigenvalue weighted by atomic mass is 10.3. The largest absolute Gasteiger partial charge is 0.432 e. The van der Waals surface area contributed by atoms with Crippen molar-refractivity contribution >= 4 is 5.97 Å². The van der Waals surface area contributed by atoms with Crippen molar-refractivity contribution in [2.75, 3.05) is 7.11 Å². The summed E-state index contributed by atoms with van der Waals surface area (Å²) >= 11 is 0. The van der Waals surface area contributed by atoms with E-state index in [0.29, 0.717) is 0 Å². The monoisotopic (exact) mass is 287 g/mol. The van der Waals surface area contributed by atoms with Crippen LogP contribution in [0.4, 0.5) is 0 Å². The highest BCUT2D eigenvalue weighted by molar-refractivity contribution is 5.91. The molecule has 0 rings (SSSR count). The fourth-order valence-electron chi connectivity index (χ4n) is 1.22. The van der Waals surface area contributed by atoms with Gasteiger partial charge in [-0.3, -0.25) is 0 Å². The summed E-state index contributed by atoms with van der Waals surface area (Å²) in [4.78, 5) is 11.3. The number of esters is 1. The molecule has 0 spiro atoms. The molecule has 114 valence electrons. The summed E-state index contributed by atoms with van der Waals surface area (Å²) in [5.41, 5.74) is -0.292. The standard InChI is InChI=1S/C13H21NO6/c1-8(7-14)13(15)20-12(5)19-11(4)18-10(3)17-9(2)16-6/h9-12H,1H2,2-6H3. The summed E-state index contributed by atoms with van der Waals surface area (Å²) in [6.45, 7) is 9.78. The Morgan fingerprint density at radius 3 is 1.90 bits per heavy atom. The molecule has 4 atom stereocenters. The number of ether oxygens (including phenoxy) is 5. The molecule has 0 fully saturated rings. The van der Waals surface area contributed by atoms with Gasteiger partial charge in [0.05, 0.1) is 0 Å². The van der Waals surface area contributed by atoms with Gasteiger partial charge in [0.2, 0.25) is 6.29 Å². The van der Waals surface area contributed by atoms with Gasteiger partial charge in [0, 0.05) is 7.11 Å². The molecular weight excluding hydrogens is 266 g/mol. The molecule has 0 amide bonds. The van der Waals surface area contributed by atoms with Gasteiger partial charge >= 0.3 is 5.97 Å². The summed E-state index contributed by atoms with van der Waals surface area (Å²) in [7, 11) is 1.51. The molecule has 0 saturated heterocycles. The highest BCUT2D eigenvalue weighted by Gasteiger charge is 2.18. The van der Waals surface area contributed by atoms with E-state index >= 15 is 0 Å². The molecule has 0 aliphatic heterocycles. The smallest absolute Gasteiger partial charge is 0.350 e. The van der Waals surface area contributed by atoms with Gasteiger partial charge in [-0.05, 0) is 27.7 Å². The van der Waals surface area contributed by atoms with Gasteiger partial charge < -0.3 is 23.7 Å². The molecule has 20 heavy (non-hydrogen) atoms. The zero-order valence-electron chi connectivity index (χ0n) is 12.4. The summed E-state index contributed by atoms with van der Waals surface area (Å²) in [6.07, 6.45) is -2.52. The van der Waals surface area contributed by atoms with E-state index in [4.69, 9.17) is 28.9 Å². The van der Waals surface area contributed by atoms with Gasteiger partial charge in [-0.2, -0.15) is 5.26 Å². The number of methoxy groups -OCH3 is 1. The highest BCUT2D eigenvalue weighted by Crippen LogP contribution is 2.08. The number of carbonyl (C=O) groups is 1. The van der Waals surface area contributed by atoms with E-state index in [0.717, 1.165) is 0 Å². The predicted molar refractivity (Wildman–Crippen MR) is 69.0 cm³/mol. The van der Waals surface area contributed by atoms with Crippen LogP contribution in [0.2, 0.25) is 0 Å². The van der Waals surface area contributed by atoms with Crippen molar-refractivity contribution in [3.05, 3.63) is 12.2 Å². The molecule has 7 nitrogen and oxygen atoms in total. The van der Waals surface area contributed by atoms with Crippen LogP contribution in [0.15, 0.2) is 12.2 Å². The molecule has 0 N–H and O–H groups in total. The Balaban J connectivity index is 4.07. The number of hydrogen-bond acceptors (Lipinski definition) is 7. The zero-order valence-corrected chi connectivity index (χ0v) is 12.4. The first kappa shape index (κ1) is 18.5. The van der Waals surface area contributed by atoms with Crippen molar-refractivity contribution in [3.63, 3.8) is 0 Å². The van der Waals surface area contributed by atoms with Crippen LogP contribution in [0.25, 0.3) is 0 Å². The first-order valence-electron chi connectivity index (χ1n) is 6.09. The Morgan fingerprint density at radius 2 is 1.45 bits per heavy atom. The SMILES string of the molecule is C=C(C#N)C(=O)OC(C)OC(C)OC(C)OC(C)OC. The van der Waals surface area contributed by atoms with Crippen molar-refractivity contribution in [1.82, 2.24) is 0 Å². The van der Waals surface area contributed by atoms with Crippen LogP contribution >= 0.6 is 0 Å². The molecule has 0 aromatic rings. The summed E-state index contributed by atoms with van der Waals surface area (Å²) in [6, 6.07) is 1.59. The van der Waals surface area contributed by atoms with Gasteiger partial charge in [-0.15, -0.1) is 0 Å². The van der Waals surface area contributed by atoms with Crippen LogP contribution in [0.1, 0.15) is 27.7 Å². The molecule has 0 aromatic heterocycles. The summed E-state index contributed by atoms with van der Waals surface area (Å²) in [5, 5.41) is 8.48. The minimum absolute atomic E-state index is 0.292. The van der Waals surface area contributed by atoms with Crippen molar-refractivity contribution in [2.24, 2.45) is 0 Å². The van der Waals surface area contributed by atoms with Crippen molar-refractivity contribution in [3.8, 4) is 6.07 Å². The molecule has 0 saturated carbocycles. The summed E-state index contributed by atoms with van der Waals surface area (Å²) in [5.74, 6) is -0.829. The van der Waals surface area contributed by atoms with Crippen LogP contribution in [0.5, 0.6) is 0 Å². The second kappa shape index (κ2) is 9.44. The van der Waals surface area contributed by atoms with Crippen LogP contribution in [0, 0.1) is 11.3 Å². The molecule has 7 heteroatoms. The number of nitriles is 1. The molecule has 4 unspecified atom stereocenters. The van der Waals surface area contributed by atoms with Gasteiger partial charge in [0.1, 0.15) is 11.6 Å². The molecule has 0 aliphatic carbocycles. The Morgan fingerprint density at radius 1 is 1.00 bits per heavy atom. The van der Waals surface area contributed by atoms with E-state index in [1.807, 2.05) is 0 Å². The van der Waals surface area contributed by atoms with Gasteiger partial charge in [-0.1, -0.05) is 6.58 Å².